The molecule has 0 aliphatic heterocycles. The van der Waals surface area contributed by atoms with E-state index in [1.807, 2.05) is 0 Å². The smallest absolute Gasteiger partial charge is 0.302 e. The molecule has 0 aliphatic rings. The summed E-state index contributed by atoms with van der Waals surface area (Å²) in [6, 6.07) is 4.17. The molecule has 1 aromatic rings. The topological polar surface area (TPSA) is 44.8 Å². The zero-order valence-corrected chi connectivity index (χ0v) is 16.4. The van der Waals surface area contributed by atoms with Crippen LogP contribution in [0.15, 0.2) is 12.1 Å². The Morgan fingerprint density at radius 2 is 1.36 bits per heavy atom. The van der Waals surface area contributed by atoms with Crippen molar-refractivity contribution in [1.29, 1.82) is 0 Å². The lowest BCUT2D eigenvalue weighted by Gasteiger charge is -2.12. The van der Waals surface area contributed by atoms with Crippen LogP contribution in [0.25, 0.3) is 0 Å². The van der Waals surface area contributed by atoms with Crippen molar-refractivity contribution in [2.75, 3.05) is 20.8 Å². The highest BCUT2D eigenvalue weighted by molar-refractivity contribution is 5.65. The third-order valence-corrected chi connectivity index (χ3v) is 4.49. The highest BCUT2D eigenvalue weighted by Gasteiger charge is 2.08. The predicted octanol–water partition coefficient (Wildman–Crippen LogP) is 5.24. The summed E-state index contributed by atoms with van der Waals surface area (Å²) in [5.41, 5.74) is 2.62. The number of aryl methyl sites for hydroxylation is 2. The van der Waals surface area contributed by atoms with Gasteiger partial charge in [0.15, 0.2) is 11.5 Å². The van der Waals surface area contributed by atoms with Crippen LogP contribution in [0, 0.1) is 6.92 Å². The lowest BCUT2D eigenvalue weighted by Crippen LogP contribution is -2.00. The third-order valence-electron chi connectivity index (χ3n) is 4.49. The van der Waals surface area contributed by atoms with Crippen molar-refractivity contribution in [3.05, 3.63) is 23.3 Å². The Morgan fingerprint density at radius 3 is 1.92 bits per heavy atom. The minimum absolute atomic E-state index is 0.176. The lowest BCUT2D eigenvalue weighted by molar-refractivity contribution is -0.141. The van der Waals surface area contributed by atoms with Gasteiger partial charge in [-0.15, -0.1) is 0 Å². The average Bonchev–Trinajstić information content (AvgIpc) is 2.60. The summed E-state index contributed by atoms with van der Waals surface area (Å²) in [5.74, 6) is 1.44. The highest BCUT2D eigenvalue weighted by Crippen LogP contribution is 2.31. The molecule has 4 heteroatoms. The van der Waals surface area contributed by atoms with E-state index in [9.17, 15) is 4.79 Å². The van der Waals surface area contributed by atoms with Crippen LogP contribution < -0.4 is 9.47 Å². The molecule has 0 radical (unpaired) electrons. The van der Waals surface area contributed by atoms with Gasteiger partial charge in [0.1, 0.15) is 0 Å². The lowest BCUT2D eigenvalue weighted by atomic mass is 10.00. The first-order chi connectivity index (χ1) is 12.1. The second-order valence-electron chi connectivity index (χ2n) is 6.55. The zero-order valence-electron chi connectivity index (χ0n) is 16.4. The van der Waals surface area contributed by atoms with Crippen LogP contribution in [0.4, 0.5) is 0 Å². The van der Waals surface area contributed by atoms with Gasteiger partial charge in [-0.2, -0.15) is 0 Å². The number of esters is 1. The van der Waals surface area contributed by atoms with E-state index in [1.165, 1.54) is 56.6 Å². The Labute approximate surface area is 152 Å². The molecule has 142 valence electrons. The van der Waals surface area contributed by atoms with Crippen LogP contribution in [0.5, 0.6) is 11.5 Å². The number of carbonyl (C=O) groups excluding carboxylic acids is 1. The fourth-order valence-corrected chi connectivity index (χ4v) is 2.99. The van der Waals surface area contributed by atoms with Crippen LogP contribution in [0.3, 0.4) is 0 Å². The van der Waals surface area contributed by atoms with Crippen molar-refractivity contribution in [3.63, 3.8) is 0 Å². The van der Waals surface area contributed by atoms with Crippen molar-refractivity contribution in [2.45, 2.75) is 71.6 Å². The predicted molar refractivity (Wildman–Crippen MR) is 102 cm³/mol. The Balaban J connectivity index is 2.11. The van der Waals surface area contributed by atoms with Gasteiger partial charge in [0.25, 0.3) is 0 Å². The van der Waals surface area contributed by atoms with Crippen LogP contribution in [-0.4, -0.2) is 26.8 Å². The Morgan fingerprint density at radius 1 is 0.840 bits per heavy atom. The normalized spacial score (nSPS) is 10.6. The Bertz CT molecular complexity index is 511. The van der Waals surface area contributed by atoms with E-state index in [-0.39, 0.29) is 5.97 Å². The molecule has 0 amide bonds. The highest BCUT2D eigenvalue weighted by atomic mass is 16.5. The summed E-state index contributed by atoms with van der Waals surface area (Å²) in [5, 5.41) is 0. The maximum Gasteiger partial charge on any atom is 0.302 e. The quantitative estimate of drug-likeness (QED) is 0.360. The molecule has 0 spiro atoms. The summed E-state index contributed by atoms with van der Waals surface area (Å²) < 4.78 is 15.7. The fourth-order valence-electron chi connectivity index (χ4n) is 2.99. The number of hydrogen-bond acceptors (Lipinski definition) is 4. The minimum atomic E-state index is -0.176. The summed E-state index contributed by atoms with van der Waals surface area (Å²) >= 11 is 0. The van der Waals surface area contributed by atoms with Gasteiger partial charge >= 0.3 is 5.97 Å². The molecular formula is C21H34O4. The van der Waals surface area contributed by atoms with E-state index in [1.54, 1.807) is 14.2 Å². The van der Waals surface area contributed by atoms with Crippen molar-refractivity contribution < 1.29 is 19.0 Å². The van der Waals surface area contributed by atoms with Crippen molar-refractivity contribution >= 4 is 5.97 Å². The molecule has 0 heterocycles. The molecule has 0 unspecified atom stereocenters. The number of ether oxygens (including phenoxy) is 3. The molecule has 0 bridgehead atoms. The van der Waals surface area contributed by atoms with E-state index < -0.39 is 0 Å². The molecule has 0 aliphatic carbocycles. The number of unbranched alkanes of at least 4 members (excludes halogenated alkanes) is 7. The second-order valence-corrected chi connectivity index (χ2v) is 6.55. The molecule has 1 aromatic carbocycles. The fraction of sp³-hybridized carbons (Fsp3) is 0.667. The average molecular weight is 350 g/mol. The SMILES string of the molecule is COc1cc(C)c(CCCCCCCCCCOC(C)=O)cc1OC. The summed E-state index contributed by atoms with van der Waals surface area (Å²) in [6.07, 6.45) is 10.8. The maximum absolute atomic E-state index is 10.6. The van der Waals surface area contributed by atoms with Crippen LogP contribution in [-0.2, 0) is 16.0 Å². The van der Waals surface area contributed by atoms with E-state index in [2.05, 4.69) is 19.1 Å². The summed E-state index contributed by atoms with van der Waals surface area (Å²) in [4.78, 5) is 10.6. The Hall–Kier alpha value is -1.71. The summed E-state index contributed by atoms with van der Waals surface area (Å²) in [7, 11) is 3.36. The molecule has 25 heavy (non-hydrogen) atoms. The molecule has 0 N–H and O–H groups in total. The molecule has 0 saturated heterocycles. The molecule has 0 saturated carbocycles. The van der Waals surface area contributed by atoms with Gasteiger partial charge in [-0.05, 0) is 49.4 Å². The third kappa shape index (κ3) is 8.80. The number of benzene rings is 1. The number of hydrogen-bond donors (Lipinski definition) is 0. The number of rotatable bonds is 13. The number of carbonyl (C=O) groups is 1. The first-order valence-corrected chi connectivity index (χ1v) is 9.43. The van der Waals surface area contributed by atoms with Gasteiger partial charge in [-0.1, -0.05) is 38.5 Å². The standard InChI is InChI=1S/C21H34O4/c1-17-15-20(23-3)21(24-4)16-19(17)13-11-9-7-5-6-8-10-12-14-25-18(2)22/h15-16H,5-14H2,1-4H3. The monoisotopic (exact) mass is 350 g/mol. The summed E-state index contributed by atoms with van der Waals surface area (Å²) in [6.45, 7) is 4.16. The first-order valence-electron chi connectivity index (χ1n) is 9.43. The molecule has 0 fully saturated rings. The van der Waals surface area contributed by atoms with E-state index in [0.29, 0.717) is 6.61 Å². The maximum atomic E-state index is 10.6. The van der Waals surface area contributed by atoms with Gasteiger partial charge in [-0.3, -0.25) is 4.79 Å². The second kappa shape index (κ2) is 12.6. The van der Waals surface area contributed by atoms with Gasteiger partial charge in [0, 0.05) is 6.92 Å². The Kier molecular flexibility index (Phi) is 10.8. The van der Waals surface area contributed by atoms with Crippen LogP contribution >= 0.6 is 0 Å². The van der Waals surface area contributed by atoms with Crippen molar-refractivity contribution in [1.82, 2.24) is 0 Å². The van der Waals surface area contributed by atoms with Gasteiger partial charge < -0.3 is 14.2 Å². The van der Waals surface area contributed by atoms with Gasteiger partial charge in [0.2, 0.25) is 0 Å². The molecule has 0 aromatic heterocycles. The van der Waals surface area contributed by atoms with Gasteiger partial charge in [-0.25, -0.2) is 0 Å². The van der Waals surface area contributed by atoms with E-state index in [0.717, 1.165) is 30.8 Å². The number of methoxy groups -OCH3 is 2. The van der Waals surface area contributed by atoms with E-state index in [4.69, 9.17) is 14.2 Å². The van der Waals surface area contributed by atoms with Crippen molar-refractivity contribution in [2.24, 2.45) is 0 Å². The van der Waals surface area contributed by atoms with Gasteiger partial charge in [0.05, 0.1) is 20.8 Å². The van der Waals surface area contributed by atoms with Crippen LogP contribution in [0.1, 0.15) is 69.4 Å². The molecule has 1 rings (SSSR count). The molecule has 4 nitrogen and oxygen atoms in total. The molecule has 0 atom stereocenters. The molecular weight excluding hydrogens is 316 g/mol. The first kappa shape index (κ1) is 21.3. The minimum Gasteiger partial charge on any atom is -0.493 e. The van der Waals surface area contributed by atoms with E-state index >= 15 is 0 Å². The van der Waals surface area contributed by atoms with Crippen LogP contribution in [0.2, 0.25) is 0 Å². The largest absolute Gasteiger partial charge is 0.493 e. The zero-order chi connectivity index (χ0) is 18.5. The van der Waals surface area contributed by atoms with Crippen molar-refractivity contribution in [3.8, 4) is 11.5 Å².